The van der Waals surface area contributed by atoms with Gasteiger partial charge in [0.2, 0.25) is 0 Å². The zero-order valence-electron chi connectivity index (χ0n) is 8.14. The van der Waals surface area contributed by atoms with Gasteiger partial charge in [0.05, 0.1) is 11.5 Å². The highest BCUT2D eigenvalue weighted by atomic mass is 79.9. The van der Waals surface area contributed by atoms with E-state index >= 15 is 0 Å². The normalized spacial score (nSPS) is 11.9. The average Bonchev–Trinajstić information content (AvgIpc) is 2.10. The van der Waals surface area contributed by atoms with E-state index in [2.05, 4.69) is 36.9 Å². The zero-order chi connectivity index (χ0) is 10.7. The fraction of sp³-hybridized carbons (Fsp3) is 0.300. The van der Waals surface area contributed by atoms with Crippen molar-refractivity contribution in [1.29, 1.82) is 0 Å². The molecule has 2 nitrogen and oxygen atoms in total. The molecule has 76 valence electrons. The first-order chi connectivity index (χ1) is 6.54. The second-order valence-electron chi connectivity index (χ2n) is 3.03. The molecule has 1 rings (SSSR count). The van der Waals surface area contributed by atoms with Crippen molar-refractivity contribution in [3.63, 3.8) is 0 Å². The number of halogens is 2. The Bertz CT molecular complexity index is 349. The lowest BCUT2D eigenvalue weighted by atomic mass is 10.2. The van der Waals surface area contributed by atoms with Gasteiger partial charge in [-0.25, -0.2) is 4.99 Å². The number of aryl methyl sites for hydroxylation is 1. The number of rotatable bonds is 2. The number of nitrogens with two attached hydrogens (primary N) is 1. The third-order valence-corrected chi connectivity index (χ3v) is 2.99. The molecule has 0 saturated heterocycles. The molecule has 0 unspecified atom stereocenters. The van der Waals surface area contributed by atoms with Crippen molar-refractivity contribution in [3.05, 3.63) is 26.6 Å². The highest BCUT2D eigenvalue weighted by molar-refractivity contribution is 9.11. The Balaban J connectivity index is 3.21. The smallest absolute Gasteiger partial charge is 0.0994 e. The Morgan fingerprint density at radius 2 is 1.86 bits per heavy atom. The van der Waals surface area contributed by atoms with Crippen molar-refractivity contribution in [2.24, 2.45) is 10.7 Å². The van der Waals surface area contributed by atoms with Gasteiger partial charge in [-0.3, -0.25) is 0 Å². The van der Waals surface area contributed by atoms with Crippen molar-refractivity contribution >= 4 is 43.4 Å². The maximum absolute atomic E-state index is 5.69. The number of nitrogens with zero attached hydrogens (tertiary/aromatic N) is 1. The van der Waals surface area contributed by atoms with Gasteiger partial charge in [0.1, 0.15) is 0 Å². The third kappa shape index (κ3) is 2.82. The van der Waals surface area contributed by atoms with Crippen LogP contribution in [0.2, 0.25) is 0 Å². The first-order valence-electron chi connectivity index (χ1n) is 4.33. The van der Waals surface area contributed by atoms with Gasteiger partial charge in [0, 0.05) is 15.4 Å². The van der Waals surface area contributed by atoms with Crippen molar-refractivity contribution in [1.82, 2.24) is 0 Å². The Hall–Kier alpha value is -0.350. The predicted octanol–water partition coefficient (Wildman–Crippen LogP) is 3.92. The molecule has 14 heavy (non-hydrogen) atoms. The first kappa shape index (κ1) is 11.7. The molecule has 0 amide bonds. The summed E-state index contributed by atoms with van der Waals surface area (Å²) >= 11 is 6.93. The summed E-state index contributed by atoms with van der Waals surface area (Å²) in [6.45, 7) is 4.01. The molecule has 0 aromatic heterocycles. The van der Waals surface area contributed by atoms with Crippen LogP contribution in [-0.4, -0.2) is 5.84 Å². The molecule has 1 aromatic rings. The molecule has 0 aliphatic rings. The van der Waals surface area contributed by atoms with E-state index in [0.29, 0.717) is 5.84 Å². The van der Waals surface area contributed by atoms with Gasteiger partial charge in [-0.15, -0.1) is 0 Å². The molecule has 1 aromatic carbocycles. The van der Waals surface area contributed by atoms with E-state index in [9.17, 15) is 0 Å². The predicted molar refractivity (Wildman–Crippen MR) is 68.2 cm³/mol. The topological polar surface area (TPSA) is 38.4 Å². The van der Waals surface area contributed by atoms with Crippen LogP contribution in [-0.2, 0) is 0 Å². The monoisotopic (exact) mass is 318 g/mol. The Kier molecular flexibility index (Phi) is 4.13. The number of aliphatic imine (C=N–C) groups is 1. The SMILES string of the molecule is CCC(N)=Nc1c(Br)cc(C)cc1Br. The Morgan fingerprint density at radius 1 is 1.36 bits per heavy atom. The van der Waals surface area contributed by atoms with Crippen molar-refractivity contribution in [2.45, 2.75) is 20.3 Å². The van der Waals surface area contributed by atoms with Gasteiger partial charge in [-0.2, -0.15) is 0 Å². The summed E-state index contributed by atoms with van der Waals surface area (Å²) in [7, 11) is 0. The van der Waals surface area contributed by atoms with E-state index in [1.54, 1.807) is 0 Å². The van der Waals surface area contributed by atoms with Crippen LogP contribution in [0.15, 0.2) is 26.1 Å². The Labute approximate surface area is 101 Å². The van der Waals surface area contributed by atoms with Gasteiger partial charge in [0.25, 0.3) is 0 Å². The summed E-state index contributed by atoms with van der Waals surface area (Å²) in [6, 6.07) is 4.04. The molecule has 0 aliphatic carbocycles. The summed E-state index contributed by atoms with van der Waals surface area (Å²) in [5.41, 5.74) is 7.72. The second-order valence-corrected chi connectivity index (χ2v) is 4.74. The van der Waals surface area contributed by atoms with Gasteiger partial charge < -0.3 is 5.73 Å². The molecule has 0 bridgehead atoms. The highest BCUT2D eigenvalue weighted by Gasteiger charge is 2.05. The summed E-state index contributed by atoms with van der Waals surface area (Å²) in [6.07, 6.45) is 0.757. The molecule has 0 spiro atoms. The minimum atomic E-state index is 0.634. The number of amidine groups is 1. The van der Waals surface area contributed by atoms with E-state index in [1.807, 2.05) is 26.0 Å². The van der Waals surface area contributed by atoms with E-state index in [4.69, 9.17) is 5.73 Å². The third-order valence-electron chi connectivity index (χ3n) is 1.78. The molecule has 0 atom stereocenters. The molecule has 0 aliphatic heterocycles. The van der Waals surface area contributed by atoms with E-state index < -0.39 is 0 Å². The second kappa shape index (κ2) is 4.94. The summed E-state index contributed by atoms with van der Waals surface area (Å²) < 4.78 is 1.92. The van der Waals surface area contributed by atoms with E-state index in [0.717, 1.165) is 21.1 Å². The molecule has 0 heterocycles. The van der Waals surface area contributed by atoms with Gasteiger partial charge in [0.15, 0.2) is 0 Å². The lowest BCUT2D eigenvalue weighted by Crippen LogP contribution is -2.08. The molecule has 0 fully saturated rings. The number of hydrogen-bond donors (Lipinski definition) is 1. The number of hydrogen-bond acceptors (Lipinski definition) is 1. The minimum absolute atomic E-state index is 0.634. The summed E-state index contributed by atoms with van der Waals surface area (Å²) in [4.78, 5) is 4.32. The summed E-state index contributed by atoms with van der Waals surface area (Å²) in [5, 5.41) is 0. The van der Waals surface area contributed by atoms with Crippen LogP contribution in [0.5, 0.6) is 0 Å². The van der Waals surface area contributed by atoms with Crippen LogP contribution in [0, 0.1) is 6.92 Å². The van der Waals surface area contributed by atoms with Crippen LogP contribution in [0.3, 0.4) is 0 Å². The van der Waals surface area contributed by atoms with Gasteiger partial charge in [-0.05, 0) is 56.5 Å². The van der Waals surface area contributed by atoms with Crippen molar-refractivity contribution < 1.29 is 0 Å². The maximum atomic E-state index is 5.69. The first-order valence-corrected chi connectivity index (χ1v) is 5.92. The van der Waals surface area contributed by atoms with Gasteiger partial charge >= 0.3 is 0 Å². The number of benzene rings is 1. The minimum Gasteiger partial charge on any atom is -0.387 e. The van der Waals surface area contributed by atoms with E-state index in [1.165, 1.54) is 5.56 Å². The lowest BCUT2D eigenvalue weighted by Gasteiger charge is -2.05. The maximum Gasteiger partial charge on any atom is 0.0994 e. The fourth-order valence-electron chi connectivity index (χ4n) is 1.02. The van der Waals surface area contributed by atoms with Gasteiger partial charge in [-0.1, -0.05) is 6.92 Å². The van der Waals surface area contributed by atoms with Crippen molar-refractivity contribution in [2.75, 3.05) is 0 Å². The largest absolute Gasteiger partial charge is 0.387 e. The van der Waals surface area contributed by atoms with Crippen LogP contribution >= 0.6 is 31.9 Å². The van der Waals surface area contributed by atoms with Crippen molar-refractivity contribution in [3.8, 4) is 0 Å². The lowest BCUT2D eigenvalue weighted by molar-refractivity contribution is 1.23. The summed E-state index contributed by atoms with van der Waals surface area (Å²) in [5.74, 6) is 0.634. The Morgan fingerprint density at radius 3 is 2.29 bits per heavy atom. The van der Waals surface area contributed by atoms with Crippen LogP contribution in [0.4, 0.5) is 5.69 Å². The fourth-order valence-corrected chi connectivity index (χ4v) is 2.61. The molecule has 2 N–H and O–H groups in total. The molecule has 4 heteroatoms. The molecular formula is C10H12Br2N2. The highest BCUT2D eigenvalue weighted by Crippen LogP contribution is 2.34. The quantitative estimate of drug-likeness (QED) is 0.651. The van der Waals surface area contributed by atoms with Crippen LogP contribution in [0.25, 0.3) is 0 Å². The molecule has 0 radical (unpaired) electrons. The molecular weight excluding hydrogens is 308 g/mol. The van der Waals surface area contributed by atoms with Crippen LogP contribution in [0.1, 0.15) is 18.9 Å². The zero-order valence-corrected chi connectivity index (χ0v) is 11.3. The molecule has 0 saturated carbocycles. The average molecular weight is 320 g/mol. The van der Waals surface area contributed by atoms with E-state index in [-0.39, 0.29) is 0 Å². The van der Waals surface area contributed by atoms with Crippen LogP contribution < -0.4 is 5.73 Å². The standard InChI is InChI=1S/C10H12Br2N2/c1-3-9(13)14-10-7(11)4-6(2)5-8(10)12/h4-5H,3H2,1-2H3,(H2,13,14).